The predicted octanol–water partition coefficient (Wildman–Crippen LogP) is 4.67. The summed E-state index contributed by atoms with van der Waals surface area (Å²) in [5.41, 5.74) is 9.48. The molecule has 3 N–H and O–H groups in total. The summed E-state index contributed by atoms with van der Waals surface area (Å²) in [6.45, 7) is 4.95. The van der Waals surface area contributed by atoms with E-state index in [1.54, 1.807) is 17.0 Å². The van der Waals surface area contributed by atoms with Crippen LogP contribution in [-0.4, -0.2) is 112 Å². The van der Waals surface area contributed by atoms with Crippen molar-refractivity contribution in [3.8, 4) is 17.0 Å². The van der Waals surface area contributed by atoms with Gasteiger partial charge < -0.3 is 35.0 Å². The molecular formula is C39H49N7O5. The summed E-state index contributed by atoms with van der Waals surface area (Å²) >= 11 is 0. The number of para-hydroxylation sites is 1. The van der Waals surface area contributed by atoms with E-state index >= 15 is 0 Å². The number of piperazine rings is 1. The van der Waals surface area contributed by atoms with Gasteiger partial charge in [0.25, 0.3) is 0 Å². The van der Waals surface area contributed by atoms with Gasteiger partial charge in [0.1, 0.15) is 12.4 Å². The molecule has 2 amide bonds. The minimum atomic E-state index is -0.266. The summed E-state index contributed by atoms with van der Waals surface area (Å²) < 4.78 is 11.9. The molecule has 1 aromatic heterocycles. The van der Waals surface area contributed by atoms with Gasteiger partial charge in [-0.1, -0.05) is 42.5 Å². The molecule has 2 atom stereocenters. The van der Waals surface area contributed by atoms with E-state index in [0.29, 0.717) is 48.3 Å². The molecule has 1 saturated carbocycles. The molecule has 4 saturated heterocycles. The molecule has 5 aliphatic rings. The third-order valence-electron chi connectivity index (χ3n) is 11.8. The van der Waals surface area contributed by atoms with Crippen LogP contribution < -0.4 is 10.6 Å². The molecule has 5 heterocycles. The number of benzene rings is 2. The first-order valence-electron chi connectivity index (χ1n) is 18.7. The number of hydrogen-bond acceptors (Lipinski definition) is 10. The Hall–Kier alpha value is -4.42. The molecule has 0 radical (unpaired) electrons. The van der Waals surface area contributed by atoms with Gasteiger partial charge in [0.15, 0.2) is 5.82 Å². The first kappa shape index (κ1) is 33.7. The van der Waals surface area contributed by atoms with Crippen molar-refractivity contribution in [2.24, 2.45) is 5.92 Å². The van der Waals surface area contributed by atoms with Crippen molar-refractivity contribution in [3.63, 3.8) is 0 Å². The molecule has 5 fully saturated rings. The lowest BCUT2D eigenvalue weighted by Crippen LogP contribution is -2.60. The third kappa shape index (κ3) is 7.21. The fraction of sp³-hybridized carbons (Fsp3) is 0.538. The van der Waals surface area contributed by atoms with Gasteiger partial charge in [-0.3, -0.25) is 9.69 Å². The number of ether oxygens (including phenoxy) is 2. The summed E-state index contributed by atoms with van der Waals surface area (Å²) in [5, 5.41) is 18.9. The molecule has 4 aliphatic heterocycles. The number of nitrogens with two attached hydrogens (primary N) is 1. The number of aromatic nitrogens is 2. The minimum absolute atomic E-state index is 0.0569. The first-order valence-corrected chi connectivity index (χ1v) is 18.7. The number of rotatable bonds is 8. The number of piperidine rings is 2. The lowest BCUT2D eigenvalue weighted by Gasteiger charge is -2.48. The van der Waals surface area contributed by atoms with E-state index in [4.69, 9.17) is 15.2 Å². The van der Waals surface area contributed by atoms with Crippen LogP contribution in [-0.2, 0) is 20.9 Å². The highest BCUT2D eigenvalue weighted by Gasteiger charge is 2.46. The fourth-order valence-corrected chi connectivity index (χ4v) is 8.97. The van der Waals surface area contributed by atoms with Gasteiger partial charge in [0.2, 0.25) is 5.91 Å². The zero-order valence-electron chi connectivity index (χ0n) is 29.2. The quantitative estimate of drug-likeness (QED) is 0.342. The normalized spacial score (nSPS) is 25.8. The number of phenolic OH excluding ortho intramolecular Hbond substituents is 1. The lowest BCUT2D eigenvalue weighted by molar-refractivity contribution is -0.151. The number of amides is 2. The molecule has 2 aromatic carbocycles. The van der Waals surface area contributed by atoms with Gasteiger partial charge >= 0.3 is 6.09 Å². The van der Waals surface area contributed by atoms with Crippen LogP contribution in [0.2, 0.25) is 0 Å². The standard InChI is InChI=1S/C39H49N7O5/c40-37-35(22-34(41-42-37)33-8-4-5-9-36(33)47)45-23-29-10-11-30(24-45)46(29)28-12-16-43(17-13-28)38(48)27-20-32(21-27)51-31-14-18-44(19-15-31)39(49)50-25-26-6-2-1-3-7-26/h1-9,22,27-32,47H,10-21,23-25H2,(H2,40,42). The number of carbonyl (C=O) groups excluding carboxylic acids is 2. The molecular weight excluding hydrogens is 646 g/mol. The Morgan fingerprint density at radius 3 is 2.16 bits per heavy atom. The van der Waals surface area contributed by atoms with Gasteiger partial charge in [-0.2, -0.15) is 0 Å². The van der Waals surface area contributed by atoms with E-state index in [-0.39, 0.29) is 42.5 Å². The monoisotopic (exact) mass is 695 g/mol. The van der Waals surface area contributed by atoms with Crippen LogP contribution in [0.5, 0.6) is 5.75 Å². The largest absolute Gasteiger partial charge is 0.507 e. The summed E-state index contributed by atoms with van der Waals surface area (Å²) in [4.78, 5) is 34.9. The molecule has 2 unspecified atom stereocenters. The molecule has 270 valence electrons. The third-order valence-corrected chi connectivity index (χ3v) is 11.8. The average molecular weight is 696 g/mol. The molecule has 0 spiro atoms. The zero-order chi connectivity index (χ0) is 34.9. The number of likely N-dealkylation sites (tertiary alicyclic amines) is 2. The van der Waals surface area contributed by atoms with Crippen molar-refractivity contribution in [3.05, 3.63) is 66.2 Å². The highest BCUT2D eigenvalue weighted by molar-refractivity contribution is 5.80. The summed E-state index contributed by atoms with van der Waals surface area (Å²) in [5.74, 6) is 0.939. The number of nitrogens with zero attached hydrogens (tertiary/aromatic N) is 6. The van der Waals surface area contributed by atoms with E-state index in [9.17, 15) is 14.7 Å². The zero-order valence-corrected chi connectivity index (χ0v) is 29.2. The van der Waals surface area contributed by atoms with Crippen molar-refractivity contribution < 1.29 is 24.2 Å². The molecule has 1 aliphatic carbocycles. The van der Waals surface area contributed by atoms with Crippen LogP contribution in [0.4, 0.5) is 16.3 Å². The number of anilines is 2. The number of aromatic hydroxyl groups is 1. The Morgan fingerprint density at radius 2 is 1.45 bits per heavy atom. The van der Waals surface area contributed by atoms with Crippen LogP contribution in [0, 0.1) is 5.92 Å². The minimum Gasteiger partial charge on any atom is -0.507 e. The summed E-state index contributed by atoms with van der Waals surface area (Å²) in [6, 6.07) is 20.2. The SMILES string of the molecule is Nc1nnc(-c2ccccc2O)cc1N1CC2CCC(C1)N2C1CCN(C(=O)C2CC(OC3CCN(C(=O)OCc4ccccc4)CC3)C2)CC1. The van der Waals surface area contributed by atoms with Crippen LogP contribution in [0.25, 0.3) is 11.3 Å². The number of hydrogen-bond donors (Lipinski definition) is 2. The second-order valence-corrected chi connectivity index (χ2v) is 15.0. The number of fused-ring (bicyclic) bond motifs is 2. The smallest absolute Gasteiger partial charge is 0.410 e. The Labute approximate surface area is 299 Å². The first-order chi connectivity index (χ1) is 24.9. The van der Waals surface area contributed by atoms with Crippen molar-refractivity contribution in [1.29, 1.82) is 0 Å². The maximum absolute atomic E-state index is 13.5. The summed E-state index contributed by atoms with van der Waals surface area (Å²) in [7, 11) is 0. The second kappa shape index (κ2) is 14.7. The molecule has 3 aromatic rings. The maximum Gasteiger partial charge on any atom is 0.410 e. The average Bonchev–Trinajstić information content (AvgIpc) is 3.41. The van der Waals surface area contributed by atoms with Crippen LogP contribution in [0.3, 0.4) is 0 Å². The Bertz CT molecular complexity index is 1670. The van der Waals surface area contributed by atoms with Crippen molar-refractivity contribution in [2.75, 3.05) is 49.9 Å². The van der Waals surface area contributed by atoms with Crippen LogP contribution >= 0.6 is 0 Å². The van der Waals surface area contributed by atoms with E-state index in [1.165, 1.54) is 0 Å². The van der Waals surface area contributed by atoms with Crippen molar-refractivity contribution in [1.82, 2.24) is 24.9 Å². The number of nitrogen functional groups attached to an aromatic ring is 1. The van der Waals surface area contributed by atoms with Gasteiger partial charge in [-0.25, -0.2) is 4.79 Å². The number of phenols is 1. The maximum atomic E-state index is 13.5. The molecule has 2 bridgehead atoms. The van der Waals surface area contributed by atoms with Crippen molar-refractivity contribution in [2.45, 2.75) is 88.3 Å². The molecule has 51 heavy (non-hydrogen) atoms. The van der Waals surface area contributed by atoms with Gasteiger partial charge in [0, 0.05) is 68.9 Å². The molecule has 12 heteroatoms. The predicted molar refractivity (Wildman–Crippen MR) is 193 cm³/mol. The van der Waals surface area contributed by atoms with E-state index in [0.717, 1.165) is 88.8 Å². The van der Waals surface area contributed by atoms with Crippen molar-refractivity contribution >= 4 is 23.5 Å². The highest BCUT2D eigenvalue weighted by Crippen LogP contribution is 2.40. The fourth-order valence-electron chi connectivity index (χ4n) is 8.97. The Balaban J connectivity index is 0.765. The lowest BCUT2D eigenvalue weighted by atomic mass is 9.80. The highest BCUT2D eigenvalue weighted by atomic mass is 16.6. The van der Waals surface area contributed by atoms with Crippen LogP contribution in [0.1, 0.15) is 56.9 Å². The van der Waals surface area contributed by atoms with E-state index in [1.807, 2.05) is 48.5 Å². The van der Waals surface area contributed by atoms with Gasteiger partial charge in [-0.05, 0) is 75.1 Å². The topological polar surface area (TPSA) is 138 Å². The molecule has 12 nitrogen and oxygen atoms in total. The van der Waals surface area contributed by atoms with Gasteiger partial charge in [0.05, 0.1) is 23.6 Å². The number of carbonyl (C=O) groups is 2. The Kier molecular flexibility index (Phi) is 9.70. The van der Waals surface area contributed by atoms with E-state index in [2.05, 4.69) is 24.9 Å². The molecule has 8 rings (SSSR count). The second-order valence-electron chi connectivity index (χ2n) is 15.0. The van der Waals surface area contributed by atoms with Crippen LogP contribution in [0.15, 0.2) is 60.7 Å². The summed E-state index contributed by atoms with van der Waals surface area (Å²) in [6.07, 6.45) is 7.51. The van der Waals surface area contributed by atoms with Gasteiger partial charge in [-0.15, -0.1) is 10.2 Å². The Morgan fingerprint density at radius 1 is 0.784 bits per heavy atom. The van der Waals surface area contributed by atoms with E-state index < -0.39 is 0 Å².